The van der Waals surface area contributed by atoms with E-state index < -0.39 is 0 Å². The number of nitrogens with zero attached hydrogens (tertiary/aromatic N) is 2. The predicted octanol–water partition coefficient (Wildman–Crippen LogP) is 4.74. The Bertz CT molecular complexity index is 882. The molecule has 0 spiro atoms. The van der Waals surface area contributed by atoms with E-state index in [1.165, 1.54) is 11.1 Å². The van der Waals surface area contributed by atoms with Gasteiger partial charge >= 0.3 is 0 Å². The molecule has 134 valence electrons. The number of aryl methyl sites for hydroxylation is 2. The van der Waals surface area contributed by atoms with Crippen molar-refractivity contribution in [2.45, 2.75) is 39.5 Å². The molecule has 3 aromatic rings. The SMILES string of the molecule is Cc1ccc(-c2nnc(CCC(=O)Nc3cccc(C(C)C)c3)o2)cc1. The monoisotopic (exact) mass is 349 g/mol. The van der Waals surface area contributed by atoms with Gasteiger partial charge in [0.1, 0.15) is 0 Å². The van der Waals surface area contributed by atoms with Gasteiger partial charge in [-0.1, -0.05) is 43.7 Å². The molecule has 0 radical (unpaired) electrons. The number of nitrogens with one attached hydrogen (secondary N) is 1. The molecule has 0 aliphatic carbocycles. The van der Waals surface area contributed by atoms with Crippen molar-refractivity contribution in [2.24, 2.45) is 0 Å². The Balaban J connectivity index is 1.56. The molecule has 1 amide bonds. The van der Waals surface area contributed by atoms with Crippen LogP contribution in [0.15, 0.2) is 52.9 Å². The van der Waals surface area contributed by atoms with Crippen LogP contribution in [0, 0.1) is 6.92 Å². The molecule has 2 aromatic carbocycles. The molecule has 0 fully saturated rings. The normalized spacial score (nSPS) is 10.9. The van der Waals surface area contributed by atoms with E-state index in [-0.39, 0.29) is 5.91 Å². The zero-order valence-corrected chi connectivity index (χ0v) is 15.3. The zero-order chi connectivity index (χ0) is 18.5. The summed E-state index contributed by atoms with van der Waals surface area (Å²) in [5, 5.41) is 11.0. The maximum absolute atomic E-state index is 12.2. The van der Waals surface area contributed by atoms with E-state index in [2.05, 4.69) is 35.4 Å². The van der Waals surface area contributed by atoms with Crippen molar-refractivity contribution < 1.29 is 9.21 Å². The molecule has 1 N–H and O–H groups in total. The van der Waals surface area contributed by atoms with Gasteiger partial charge in [0.05, 0.1) is 0 Å². The van der Waals surface area contributed by atoms with Crippen molar-refractivity contribution in [1.29, 1.82) is 0 Å². The first-order valence-corrected chi connectivity index (χ1v) is 8.80. The Morgan fingerprint density at radius 2 is 1.88 bits per heavy atom. The van der Waals surface area contributed by atoms with E-state index in [0.29, 0.717) is 30.5 Å². The molecule has 3 rings (SSSR count). The summed E-state index contributed by atoms with van der Waals surface area (Å²) in [6.07, 6.45) is 0.704. The first-order chi connectivity index (χ1) is 12.5. The summed E-state index contributed by atoms with van der Waals surface area (Å²) >= 11 is 0. The van der Waals surface area contributed by atoms with Crippen LogP contribution in [0.1, 0.15) is 43.2 Å². The van der Waals surface area contributed by atoms with E-state index in [9.17, 15) is 4.79 Å². The number of hydrogen-bond donors (Lipinski definition) is 1. The third-order valence-corrected chi connectivity index (χ3v) is 4.17. The highest BCUT2D eigenvalue weighted by Gasteiger charge is 2.11. The lowest BCUT2D eigenvalue weighted by Crippen LogP contribution is -2.12. The molecule has 5 heteroatoms. The van der Waals surface area contributed by atoms with Crippen LogP contribution in [-0.2, 0) is 11.2 Å². The van der Waals surface area contributed by atoms with Gasteiger partial charge in [-0.25, -0.2) is 0 Å². The van der Waals surface area contributed by atoms with Crippen LogP contribution in [0.25, 0.3) is 11.5 Å². The maximum atomic E-state index is 12.2. The summed E-state index contributed by atoms with van der Waals surface area (Å²) in [5.74, 6) is 1.29. The fraction of sp³-hybridized carbons (Fsp3) is 0.286. The number of carbonyl (C=O) groups is 1. The number of aromatic nitrogens is 2. The number of rotatable bonds is 6. The summed E-state index contributed by atoms with van der Waals surface area (Å²) in [5.41, 5.74) is 4.06. The van der Waals surface area contributed by atoms with Crippen LogP contribution < -0.4 is 5.32 Å². The van der Waals surface area contributed by atoms with Crippen LogP contribution in [0.4, 0.5) is 5.69 Å². The lowest BCUT2D eigenvalue weighted by atomic mass is 10.0. The van der Waals surface area contributed by atoms with Gasteiger partial charge in [-0.2, -0.15) is 0 Å². The second-order valence-electron chi connectivity index (χ2n) is 6.70. The molecule has 0 aliphatic heterocycles. The van der Waals surface area contributed by atoms with Gasteiger partial charge in [0.2, 0.25) is 17.7 Å². The number of hydrogen-bond acceptors (Lipinski definition) is 4. The van der Waals surface area contributed by atoms with Crippen LogP contribution in [0.3, 0.4) is 0 Å². The largest absolute Gasteiger partial charge is 0.421 e. The van der Waals surface area contributed by atoms with Crippen molar-refractivity contribution in [2.75, 3.05) is 5.32 Å². The van der Waals surface area contributed by atoms with Gasteiger partial charge in [0.15, 0.2) is 0 Å². The second kappa shape index (κ2) is 7.95. The van der Waals surface area contributed by atoms with Crippen molar-refractivity contribution in [1.82, 2.24) is 10.2 Å². The van der Waals surface area contributed by atoms with Gasteiger partial charge < -0.3 is 9.73 Å². The molecule has 5 nitrogen and oxygen atoms in total. The number of carbonyl (C=O) groups excluding carboxylic acids is 1. The van der Waals surface area contributed by atoms with Crippen LogP contribution in [-0.4, -0.2) is 16.1 Å². The van der Waals surface area contributed by atoms with E-state index in [1.54, 1.807) is 0 Å². The Kier molecular flexibility index (Phi) is 5.46. The summed E-state index contributed by atoms with van der Waals surface area (Å²) in [6.45, 7) is 6.28. The molecular weight excluding hydrogens is 326 g/mol. The molecule has 26 heavy (non-hydrogen) atoms. The van der Waals surface area contributed by atoms with Gasteiger partial charge in [-0.05, 0) is 42.7 Å². The maximum Gasteiger partial charge on any atom is 0.247 e. The Morgan fingerprint density at radius 1 is 1.12 bits per heavy atom. The van der Waals surface area contributed by atoms with Crippen molar-refractivity contribution in [3.05, 3.63) is 65.5 Å². The minimum absolute atomic E-state index is 0.0685. The highest BCUT2D eigenvalue weighted by Crippen LogP contribution is 2.20. The highest BCUT2D eigenvalue weighted by molar-refractivity contribution is 5.90. The van der Waals surface area contributed by atoms with Crippen LogP contribution >= 0.6 is 0 Å². The minimum atomic E-state index is -0.0685. The average molecular weight is 349 g/mol. The van der Waals surface area contributed by atoms with Gasteiger partial charge in [0.25, 0.3) is 0 Å². The first kappa shape index (κ1) is 17.9. The van der Waals surface area contributed by atoms with Crippen molar-refractivity contribution in [3.63, 3.8) is 0 Å². The van der Waals surface area contributed by atoms with E-state index in [0.717, 1.165) is 11.3 Å². The smallest absolute Gasteiger partial charge is 0.247 e. The van der Waals surface area contributed by atoms with Gasteiger partial charge in [-0.15, -0.1) is 10.2 Å². The van der Waals surface area contributed by atoms with Crippen LogP contribution in [0.5, 0.6) is 0 Å². The Labute approximate surface area is 153 Å². The van der Waals surface area contributed by atoms with Gasteiger partial charge in [0, 0.05) is 24.1 Å². The third-order valence-electron chi connectivity index (χ3n) is 4.17. The van der Waals surface area contributed by atoms with Crippen molar-refractivity contribution in [3.8, 4) is 11.5 Å². The summed E-state index contributed by atoms with van der Waals surface area (Å²) in [7, 11) is 0. The molecule has 0 bridgehead atoms. The molecule has 1 heterocycles. The highest BCUT2D eigenvalue weighted by atomic mass is 16.4. The minimum Gasteiger partial charge on any atom is -0.421 e. The molecule has 0 unspecified atom stereocenters. The molecule has 0 atom stereocenters. The lowest BCUT2D eigenvalue weighted by molar-refractivity contribution is -0.116. The standard InChI is InChI=1S/C21H23N3O2/c1-14(2)17-5-4-6-18(13-17)22-19(25)11-12-20-23-24-21(26-20)16-9-7-15(3)8-10-16/h4-10,13-14H,11-12H2,1-3H3,(H,22,25). The van der Waals surface area contributed by atoms with E-state index in [4.69, 9.17) is 4.42 Å². The average Bonchev–Trinajstić information content (AvgIpc) is 3.10. The summed E-state index contributed by atoms with van der Waals surface area (Å²) < 4.78 is 5.66. The van der Waals surface area contributed by atoms with E-state index >= 15 is 0 Å². The quantitative estimate of drug-likeness (QED) is 0.698. The van der Waals surface area contributed by atoms with E-state index in [1.807, 2.05) is 49.4 Å². The molecule has 1 aromatic heterocycles. The number of anilines is 1. The molecule has 0 saturated heterocycles. The number of benzene rings is 2. The summed E-state index contributed by atoms with van der Waals surface area (Å²) in [4.78, 5) is 12.2. The predicted molar refractivity (Wildman–Crippen MR) is 102 cm³/mol. The van der Waals surface area contributed by atoms with Gasteiger partial charge in [-0.3, -0.25) is 4.79 Å². The summed E-state index contributed by atoms with van der Waals surface area (Å²) in [6, 6.07) is 15.8. The Hall–Kier alpha value is -2.95. The molecular formula is C21H23N3O2. The fourth-order valence-electron chi connectivity index (χ4n) is 2.59. The lowest BCUT2D eigenvalue weighted by Gasteiger charge is -2.09. The Morgan fingerprint density at radius 3 is 2.62 bits per heavy atom. The van der Waals surface area contributed by atoms with Crippen LogP contribution in [0.2, 0.25) is 0 Å². The fourth-order valence-corrected chi connectivity index (χ4v) is 2.59. The third kappa shape index (κ3) is 4.57. The first-order valence-electron chi connectivity index (χ1n) is 8.80. The molecule has 0 aliphatic rings. The van der Waals surface area contributed by atoms with Crippen molar-refractivity contribution >= 4 is 11.6 Å². The number of amides is 1. The molecule has 0 saturated carbocycles. The zero-order valence-electron chi connectivity index (χ0n) is 15.3. The topological polar surface area (TPSA) is 68.0 Å². The second-order valence-corrected chi connectivity index (χ2v) is 6.70.